The van der Waals surface area contributed by atoms with Gasteiger partial charge in [0.05, 0.1) is 30.6 Å². The van der Waals surface area contributed by atoms with Crippen LogP contribution in [0.3, 0.4) is 0 Å². The summed E-state index contributed by atoms with van der Waals surface area (Å²) in [5.41, 5.74) is 1.93. The lowest BCUT2D eigenvalue weighted by molar-refractivity contribution is -0.141. The van der Waals surface area contributed by atoms with Gasteiger partial charge in [0.1, 0.15) is 6.54 Å². The number of nitrogens with zero attached hydrogens (tertiary/aromatic N) is 5. The summed E-state index contributed by atoms with van der Waals surface area (Å²) in [4.78, 5) is 23.1. The summed E-state index contributed by atoms with van der Waals surface area (Å²) in [6.45, 7) is 4.02. The zero-order chi connectivity index (χ0) is 16.1. The van der Waals surface area contributed by atoms with Crippen molar-refractivity contribution in [3.05, 3.63) is 42.2 Å². The first-order chi connectivity index (χ1) is 11.2. The average Bonchev–Trinajstić information content (AvgIpc) is 3.07. The second-order valence-electron chi connectivity index (χ2n) is 5.65. The predicted octanol–water partition coefficient (Wildman–Crippen LogP) is 0.842. The number of morpholine rings is 1. The van der Waals surface area contributed by atoms with Gasteiger partial charge in [0.15, 0.2) is 0 Å². The molecule has 1 aliphatic heterocycles. The molecule has 0 aliphatic carbocycles. The number of amides is 1. The van der Waals surface area contributed by atoms with E-state index in [1.807, 2.05) is 17.9 Å². The Hall–Kier alpha value is -2.28. The molecule has 0 N–H and O–H groups in total. The average molecular weight is 315 g/mol. The van der Waals surface area contributed by atoms with E-state index in [1.54, 1.807) is 29.5 Å². The second-order valence-corrected chi connectivity index (χ2v) is 5.65. The van der Waals surface area contributed by atoms with Gasteiger partial charge in [-0.2, -0.15) is 5.10 Å². The van der Waals surface area contributed by atoms with Crippen LogP contribution in [-0.2, 0) is 22.5 Å². The highest BCUT2D eigenvalue weighted by atomic mass is 16.5. The molecule has 7 nitrogen and oxygen atoms in total. The fraction of sp³-hybridized carbons (Fsp3) is 0.500. The van der Waals surface area contributed by atoms with Crippen molar-refractivity contribution in [2.75, 3.05) is 19.8 Å². The van der Waals surface area contributed by atoms with Crippen LogP contribution in [0.15, 0.2) is 30.9 Å². The van der Waals surface area contributed by atoms with E-state index in [-0.39, 0.29) is 18.5 Å². The highest BCUT2D eigenvalue weighted by Crippen LogP contribution is 2.15. The van der Waals surface area contributed by atoms with Crippen LogP contribution >= 0.6 is 0 Å². The summed E-state index contributed by atoms with van der Waals surface area (Å²) in [6.07, 6.45) is 8.50. The molecular weight excluding hydrogens is 294 g/mol. The van der Waals surface area contributed by atoms with Gasteiger partial charge in [-0.05, 0) is 25.8 Å². The van der Waals surface area contributed by atoms with Crippen molar-refractivity contribution in [1.82, 2.24) is 24.6 Å². The zero-order valence-electron chi connectivity index (χ0n) is 13.3. The minimum atomic E-state index is 0.0771. The van der Waals surface area contributed by atoms with Gasteiger partial charge in [-0.1, -0.05) is 0 Å². The molecule has 122 valence electrons. The molecule has 23 heavy (non-hydrogen) atoms. The standard InChI is InChI=1S/C16H21N5O2/c1-13-15(18-7-6-17-13)4-3-14-12-23-10-9-21(14)16(22)11-20-8-2-5-19-20/h2,5-8,14H,3-4,9-12H2,1H3/t14-/m1/s1. The molecule has 0 radical (unpaired) electrons. The Kier molecular flexibility index (Phi) is 4.97. The highest BCUT2D eigenvalue weighted by Gasteiger charge is 2.27. The smallest absolute Gasteiger partial charge is 0.244 e. The van der Waals surface area contributed by atoms with Gasteiger partial charge < -0.3 is 9.64 Å². The van der Waals surface area contributed by atoms with Gasteiger partial charge in [-0.15, -0.1) is 0 Å². The van der Waals surface area contributed by atoms with Crippen LogP contribution in [0.4, 0.5) is 0 Å². The first-order valence-corrected chi connectivity index (χ1v) is 7.85. The number of rotatable bonds is 5. The molecule has 1 saturated heterocycles. The lowest BCUT2D eigenvalue weighted by Gasteiger charge is -2.35. The van der Waals surface area contributed by atoms with Crippen molar-refractivity contribution in [2.45, 2.75) is 32.4 Å². The Morgan fingerprint density at radius 2 is 2.22 bits per heavy atom. The molecular formula is C16H21N5O2. The van der Waals surface area contributed by atoms with Gasteiger partial charge >= 0.3 is 0 Å². The molecule has 2 aromatic heterocycles. The predicted molar refractivity (Wildman–Crippen MR) is 83.6 cm³/mol. The molecule has 3 rings (SSSR count). The summed E-state index contributed by atoms with van der Waals surface area (Å²) in [6, 6.07) is 1.90. The molecule has 3 heterocycles. The van der Waals surface area contributed by atoms with Crippen LogP contribution in [0.2, 0.25) is 0 Å². The number of hydrogen-bond acceptors (Lipinski definition) is 5. The van der Waals surface area contributed by atoms with Crippen molar-refractivity contribution in [1.29, 1.82) is 0 Å². The molecule has 1 fully saturated rings. The minimum Gasteiger partial charge on any atom is -0.377 e. The van der Waals surface area contributed by atoms with E-state index in [0.717, 1.165) is 24.2 Å². The van der Waals surface area contributed by atoms with E-state index >= 15 is 0 Å². The van der Waals surface area contributed by atoms with E-state index in [4.69, 9.17) is 4.74 Å². The first kappa shape index (κ1) is 15.6. The van der Waals surface area contributed by atoms with Crippen LogP contribution < -0.4 is 0 Å². The molecule has 1 amide bonds. The Morgan fingerprint density at radius 3 is 3.00 bits per heavy atom. The van der Waals surface area contributed by atoms with Crippen LogP contribution in [0, 0.1) is 6.92 Å². The second kappa shape index (κ2) is 7.32. The van der Waals surface area contributed by atoms with Gasteiger partial charge in [0.2, 0.25) is 5.91 Å². The summed E-state index contributed by atoms with van der Waals surface area (Å²) >= 11 is 0. The number of ether oxygens (including phenoxy) is 1. The van der Waals surface area contributed by atoms with Crippen molar-refractivity contribution in [3.63, 3.8) is 0 Å². The van der Waals surface area contributed by atoms with Crippen LogP contribution in [0.1, 0.15) is 17.8 Å². The van der Waals surface area contributed by atoms with Crippen molar-refractivity contribution >= 4 is 5.91 Å². The largest absolute Gasteiger partial charge is 0.377 e. The minimum absolute atomic E-state index is 0.0771. The Bertz CT molecular complexity index is 644. The lowest BCUT2D eigenvalue weighted by atomic mass is 10.1. The topological polar surface area (TPSA) is 73.1 Å². The summed E-state index contributed by atoms with van der Waals surface area (Å²) < 4.78 is 7.22. The normalized spacial score (nSPS) is 18.1. The number of hydrogen-bond donors (Lipinski definition) is 0. The van der Waals surface area contributed by atoms with Gasteiger partial charge in [0.25, 0.3) is 0 Å². The molecule has 0 spiro atoms. The summed E-state index contributed by atoms with van der Waals surface area (Å²) in [5.74, 6) is 0.0814. The van der Waals surface area contributed by atoms with E-state index in [1.165, 1.54) is 0 Å². The molecule has 0 aromatic carbocycles. The number of aryl methyl sites for hydroxylation is 2. The van der Waals surface area contributed by atoms with E-state index in [0.29, 0.717) is 19.8 Å². The first-order valence-electron chi connectivity index (χ1n) is 7.85. The van der Waals surface area contributed by atoms with Crippen LogP contribution in [-0.4, -0.2) is 56.4 Å². The molecule has 1 atom stereocenters. The lowest BCUT2D eigenvalue weighted by Crippen LogP contribution is -2.50. The van der Waals surface area contributed by atoms with E-state index < -0.39 is 0 Å². The van der Waals surface area contributed by atoms with E-state index in [2.05, 4.69) is 15.1 Å². The van der Waals surface area contributed by atoms with Gasteiger partial charge in [-0.25, -0.2) is 0 Å². The summed E-state index contributed by atoms with van der Waals surface area (Å²) in [7, 11) is 0. The fourth-order valence-electron chi connectivity index (χ4n) is 2.83. The van der Waals surface area contributed by atoms with Crippen molar-refractivity contribution < 1.29 is 9.53 Å². The van der Waals surface area contributed by atoms with E-state index in [9.17, 15) is 4.79 Å². The third-order valence-electron chi connectivity index (χ3n) is 4.10. The monoisotopic (exact) mass is 315 g/mol. The van der Waals surface area contributed by atoms with Crippen LogP contribution in [0.5, 0.6) is 0 Å². The molecule has 0 unspecified atom stereocenters. The van der Waals surface area contributed by atoms with Gasteiger partial charge in [-0.3, -0.25) is 19.4 Å². The molecule has 0 saturated carbocycles. The fourth-order valence-corrected chi connectivity index (χ4v) is 2.83. The summed E-state index contributed by atoms with van der Waals surface area (Å²) in [5, 5.41) is 4.10. The third-order valence-corrected chi connectivity index (χ3v) is 4.10. The Labute approximate surface area is 135 Å². The molecule has 7 heteroatoms. The zero-order valence-corrected chi connectivity index (χ0v) is 13.3. The molecule has 1 aliphatic rings. The van der Waals surface area contributed by atoms with Gasteiger partial charge in [0, 0.05) is 31.3 Å². The SMILES string of the molecule is Cc1nccnc1CC[C@@H]1COCCN1C(=O)Cn1cccn1. The maximum absolute atomic E-state index is 12.5. The Morgan fingerprint density at radius 1 is 1.35 bits per heavy atom. The molecule has 2 aromatic rings. The highest BCUT2D eigenvalue weighted by molar-refractivity contribution is 5.76. The quantitative estimate of drug-likeness (QED) is 0.817. The number of carbonyl (C=O) groups excluding carboxylic acids is 1. The van der Waals surface area contributed by atoms with Crippen molar-refractivity contribution in [3.8, 4) is 0 Å². The van der Waals surface area contributed by atoms with Crippen molar-refractivity contribution in [2.24, 2.45) is 0 Å². The molecule has 0 bridgehead atoms. The third kappa shape index (κ3) is 3.92. The number of carbonyl (C=O) groups is 1. The maximum atomic E-state index is 12.5. The number of aromatic nitrogens is 4. The maximum Gasteiger partial charge on any atom is 0.244 e. The Balaban J connectivity index is 1.62. The van der Waals surface area contributed by atoms with Crippen LogP contribution in [0.25, 0.3) is 0 Å².